The molecule has 1 aliphatic heterocycles. The van der Waals surface area contributed by atoms with Crippen LogP contribution >= 0.6 is 0 Å². The summed E-state index contributed by atoms with van der Waals surface area (Å²) in [6.07, 6.45) is 3.39. The van der Waals surface area contributed by atoms with E-state index >= 15 is 0 Å². The highest BCUT2D eigenvalue weighted by Gasteiger charge is 2.12. The second-order valence-corrected chi connectivity index (χ2v) is 3.95. The van der Waals surface area contributed by atoms with Crippen molar-refractivity contribution in [3.63, 3.8) is 0 Å². The quantitative estimate of drug-likeness (QED) is 0.578. The van der Waals surface area contributed by atoms with Crippen molar-refractivity contribution in [2.45, 2.75) is 19.3 Å². The van der Waals surface area contributed by atoms with Crippen LogP contribution in [0.3, 0.4) is 0 Å². The summed E-state index contributed by atoms with van der Waals surface area (Å²) < 4.78 is 10.5. The van der Waals surface area contributed by atoms with E-state index in [9.17, 15) is 0 Å². The summed E-state index contributed by atoms with van der Waals surface area (Å²) in [6.45, 7) is 5.26. The van der Waals surface area contributed by atoms with Gasteiger partial charge in [0, 0.05) is 19.8 Å². The van der Waals surface area contributed by atoms with Crippen molar-refractivity contribution in [3.05, 3.63) is 0 Å². The first kappa shape index (κ1) is 12.9. The highest BCUT2D eigenvalue weighted by atomic mass is 16.5. The molecular formula is C11H23NO3. The zero-order valence-electron chi connectivity index (χ0n) is 9.41. The Bertz CT molecular complexity index is 138. The van der Waals surface area contributed by atoms with Gasteiger partial charge < -0.3 is 19.9 Å². The molecule has 0 amide bonds. The Labute approximate surface area is 92.0 Å². The Hall–Kier alpha value is -0.160. The molecule has 0 aromatic heterocycles. The van der Waals surface area contributed by atoms with Crippen LogP contribution in [0.4, 0.5) is 0 Å². The van der Waals surface area contributed by atoms with Gasteiger partial charge in [-0.25, -0.2) is 0 Å². The molecule has 15 heavy (non-hydrogen) atoms. The van der Waals surface area contributed by atoms with Crippen molar-refractivity contribution in [1.82, 2.24) is 5.32 Å². The zero-order chi connectivity index (χ0) is 10.8. The van der Waals surface area contributed by atoms with Crippen molar-refractivity contribution in [3.8, 4) is 0 Å². The smallest absolute Gasteiger partial charge is 0.0697 e. The van der Waals surface area contributed by atoms with Gasteiger partial charge in [-0.05, 0) is 38.3 Å². The van der Waals surface area contributed by atoms with Crippen LogP contribution < -0.4 is 5.32 Å². The number of aliphatic hydroxyl groups excluding tert-OH is 1. The van der Waals surface area contributed by atoms with Gasteiger partial charge >= 0.3 is 0 Å². The predicted octanol–water partition coefficient (Wildman–Crippen LogP) is 0.402. The summed E-state index contributed by atoms with van der Waals surface area (Å²) in [4.78, 5) is 0. The van der Waals surface area contributed by atoms with Crippen LogP contribution in [-0.2, 0) is 9.47 Å². The molecule has 1 saturated heterocycles. The fourth-order valence-corrected chi connectivity index (χ4v) is 1.72. The van der Waals surface area contributed by atoms with Gasteiger partial charge in [0.15, 0.2) is 0 Å². The van der Waals surface area contributed by atoms with Crippen LogP contribution in [-0.4, -0.2) is 51.2 Å². The highest BCUT2D eigenvalue weighted by Crippen LogP contribution is 2.12. The van der Waals surface area contributed by atoms with Crippen molar-refractivity contribution < 1.29 is 14.6 Å². The average Bonchev–Trinajstić information content (AvgIpc) is 2.29. The fourth-order valence-electron chi connectivity index (χ4n) is 1.72. The van der Waals surface area contributed by atoms with Gasteiger partial charge in [0.1, 0.15) is 0 Å². The van der Waals surface area contributed by atoms with Gasteiger partial charge in [-0.1, -0.05) is 0 Å². The predicted molar refractivity (Wildman–Crippen MR) is 58.9 cm³/mol. The lowest BCUT2D eigenvalue weighted by atomic mass is 10.0. The highest BCUT2D eigenvalue weighted by molar-refractivity contribution is 4.65. The lowest BCUT2D eigenvalue weighted by Gasteiger charge is -2.22. The van der Waals surface area contributed by atoms with Crippen LogP contribution in [0.15, 0.2) is 0 Å². The molecule has 0 spiro atoms. The van der Waals surface area contributed by atoms with Gasteiger partial charge in [-0.3, -0.25) is 0 Å². The van der Waals surface area contributed by atoms with Crippen LogP contribution in [0, 0.1) is 5.92 Å². The molecule has 1 heterocycles. The Balaban J connectivity index is 1.79. The third-order valence-corrected chi connectivity index (χ3v) is 2.65. The molecule has 0 bridgehead atoms. The molecule has 1 rings (SSSR count). The van der Waals surface area contributed by atoms with Crippen LogP contribution in [0.5, 0.6) is 0 Å². The Morgan fingerprint density at radius 1 is 1.27 bits per heavy atom. The Kier molecular flexibility index (Phi) is 7.83. The molecule has 1 fully saturated rings. The minimum absolute atomic E-state index is 0.121. The van der Waals surface area contributed by atoms with Gasteiger partial charge in [0.05, 0.1) is 13.2 Å². The topological polar surface area (TPSA) is 50.7 Å². The van der Waals surface area contributed by atoms with E-state index in [-0.39, 0.29) is 6.61 Å². The summed E-state index contributed by atoms with van der Waals surface area (Å²) in [7, 11) is 0. The molecule has 0 unspecified atom stereocenters. The largest absolute Gasteiger partial charge is 0.394 e. The molecule has 0 saturated carbocycles. The number of ether oxygens (including phenoxy) is 2. The third kappa shape index (κ3) is 6.84. The SMILES string of the molecule is OCCOCCCNCC1CCOCC1. The van der Waals surface area contributed by atoms with E-state index in [0.717, 1.165) is 45.2 Å². The van der Waals surface area contributed by atoms with E-state index < -0.39 is 0 Å². The maximum Gasteiger partial charge on any atom is 0.0697 e. The molecule has 1 aliphatic rings. The number of hydrogen-bond acceptors (Lipinski definition) is 4. The molecule has 0 aromatic carbocycles. The average molecular weight is 217 g/mol. The summed E-state index contributed by atoms with van der Waals surface area (Å²) >= 11 is 0. The molecule has 2 N–H and O–H groups in total. The maximum atomic E-state index is 8.49. The monoisotopic (exact) mass is 217 g/mol. The number of nitrogens with one attached hydrogen (secondary N) is 1. The van der Waals surface area contributed by atoms with E-state index in [0.29, 0.717) is 6.61 Å². The van der Waals surface area contributed by atoms with Crippen molar-refractivity contribution in [2.24, 2.45) is 5.92 Å². The van der Waals surface area contributed by atoms with Gasteiger partial charge in [-0.2, -0.15) is 0 Å². The van der Waals surface area contributed by atoms with Crippen molar-refractivity contribution in [1.29, 1.82) is 0 Å². The van der Waals surface area contributed by atoms with Gasteiger partial charge in [-0.15, -0.1) is 0 Å². The first-order valence-corrected chi connectivity index (χ1v) is 5.90. The van der Waals surface area contributed by atoms with Crippen molar-refractivity contribution >= 4 is 0 Å². The third-order valence-electron chi connectivity index (χ3n) is 2.65. The fraction of sp³-hybridized carbons (Fsp3) is 1.00. The van der Waals surface area contributed by atoms with Crippen LogP contribution in [0.1, 0.15) is 19.3 Å². The van der Waals surface area contributed by atoms with Gasteiger partial charge in [0.2, 0.25) is 0 Å². The van der Waals surface area contributed by atoms with Crippen LogP contribution in [0.25, 0.3) is 0 Å². The van der Waals surface area contributed by atoms with Gasteiger partial charge in [0.25, 0.3) is 0 Å². The van der Waals surface area contributed by atoms with E-state index in [1.807, 2.05) is 0 Å². The molecule has 0 radical (unpaired) electrons. The second-order valence-electron chi connectivity index (χ2n) is 3.95. The lowest BCUT2D eigenvalue weighted by molar-refractivity contribution is 0.0655. The molecular weight excluding hydrogens is 194 g/mol. The first-order valence-electron chi connectivity index (χ1n) is 5.90. The minimum atomic E-state index is 0.121. The summed E-state index contributed by atoms with van der Waals surface area (Å²) in [5, 5.41) is 11.9. The number of aliphatic hydroxyl groups is 1. The molecule has 0 atom stereocenters. The standard InChI is InChI=1S/C11H23NO3/c13-5-9-14-6-1-4-12-10-11-2-7-15-8-3-11/h11-13H,1-10H2. The summed E-state index contributed by atoms with van der Waals surface area (Å²) in [5.74, 6) is 0.789. The lowest BCUT2D eigenvalue weighted by Crippen LogP contribution is -2.28. The van der Waals surface area contributed by atoms with E-state index in [4.69, 9.17) is 14.6 Å². The summed E-state index contributed by atoms with van der Waals surface area (Å²) in [6, 6.07) is 0. The molecule has 0 aromatic rings. The zero-order valence-corrected chi connectivity index (χ0v) is 9.41. The Morgan fingerprint density at radius 3 is 2.80 bits per heavy atom. The van der Waals surface area contributed by atoms with E-state index in [2.05, 4.69) is 5.32 Å². The normalized spacial score (nSPS) is 18.2. The summed E-state index contributed by atoms with van der Waals surface area (Å²) in [5.41, 5.74) is 0. The molecule has 0 aliphatic carbocycles. The molecule has 4 heteroatoms. The number of hydrogen-bond donors (Lipinski definition) is 2. The van der Waals surface area contributed by atoms with Crippen molar-refractivity contribution in [2.75, 3.05) is 46.1 Å². The van der Waals surface area contributed by atoms with Crippen LogP contribution in [0.2, 0.25) is 0 Å². The second kappa shape index (κ2) is 9.09. The molecule has 90 valence electrons. The number of rotatable bonds is 8. The Morgan fingerprint density at radius 2 is 2.07 bits per heavy atom. The van der Waals surface area contributed by atoms with E-state index in [1.165, 1.54) is 12.8 Å². The first-order chi connectivity index (χ1) is 7.43. The van der Waals surface area contributed by atoms with E-state index in [1.54, 1.807) is 0 Å². The minimum Gasteiger partial charge on any atom is -0.394 e. The maximum absolute atomic E-state index is 8.49. The molecule has 4 nitrogen and oxygen atoms in total.